The smallest absolute Gasteiger partial charge is 0.0714 e. The van der Waals surface area contributed by atoms with Crippen LogP contribution in [0.4, 0.5) is 0 Å². The van der Waals surface area contributed by atoms with Gasteiger partial charge in [-0.25, -0.2) is 5.26 Å². The summed E-state index contributed by atoms with van der Waals surface area (Å²) in [5, 5.41) is 13.9. The summed E-state index contributed by atoms with van der Waals surface area (Å²) in [6, 6.07) is 12.1. The Kier molecular flexibility index (Phi) is 3.23. The van der Waals surface area contributed by atoms with Crippen LogP contribution in [0.1, 0.15) is 5.56 Å². The van der Waals surface area contributed by atoms with E-state index in [0.717, 1.165) is 22.3 Å². The standard InChI is InChI=1S/C11H10O3S/c1-8-2-3-10-7-11(15-14-13-12)5-4-9(10)6-8/h2-7,12H,1H3. The molecule has 0 aliphatic heterocycles. The van der Waals surface area contributed by atoms with Gasteiger partial charge >= 0.3 is 0 Å². The fourth-order valence-corrected chi connectivity index (χ4v) is 1.86. The first-order valence-electron chi connectivity index (χ1n) is 4.45. The third-order valence-electron chi connectivity index (χ3n) is 2.13. The summed E-state index contributed by atoms with van der Waals surface area (Å²) < 4.78 is 4.36. The summed E-state index contributed by atoms with van der Waals surface area (Å²) in [7, 11) is 0. The topological polar surface area (TPSA) is 38.7 Å². The van der Waals surface area contributed by atoms with Crippen molar-refractivity contribution in [3.63, 3.8) is 0 Å². The van der Waals surface area contributed by atoms with Crippen LogP contribution in [0, 0.1) is 6.92 Å². The molecule has 0 spiro atoms. The second-order valence-corrected chi connectivity index (χ2v) is 4.01. The van der Waals surface area contributed by atoms with Crippen LogP contribution in [0.3, 0.4) is 0 Å². The summed E-state index contributed by atoms with van der Waals surface area (Å²) in [4.78, 5) is 0.875. The molecule has 0 amide bonds. The van der Waals surface area contributed by atoms with E-state index >= 15 is 0 Å². The highest BCUT2D eigenvalue weighted by Crippen LogP contribution is 2.24. The van der Waals surface area contributed by atoms with Gasteiger partial charge in [0, 0.05) is 4.90 Å². The van der Waals surface area contributed by atoms with Crippen molar-refractivity contribution in [2.24, 2.45) is 0 Å². The highest BCUT2D eigenvalue weighted by atomic mass is 32.2. The van der Waals surface area contributed by atoms with E-state index in [1.165, 1.54) is 10.9 Å². The van der Waals surface area contributed by atoms with Gasteiger partial charge in [-0.3, -0.25) is 0 Å². The van der Waals surface area contributed by atoms with E-state index in [0.29, 0.717) is 0 Å². The second kappa shape index (κ2) is 4.63. The van der Waals surface area contributed by atoms with Crippen LogP contribution in [0.2, 0.25) is 0 Å². The fraction of sp³-hybridized carbons (Fsp3) is 0.0909. The zero-order chi connectivity index (χ0) is 10.7. The van der Waals surface area contributed by atoms with E-state index in [-0.39, 0.29) is 0 Å². The molecule has 2 aromatic rings. The molecule has 0 heterocycles. The fourth-order valence-electron chi connectivity index (χ4n) is 1.45. The first-order chi connectivity index (χ1) is 7.29. The Morgan fingerprint density at radius 3 is 2.60 bits per heavy atom. The SMILES string of the molecule is Cc1ccc2cc(SOOO)ccc2c1. The molecule has 0 aliphatic rings. The monoisotopic (exact) mass is 222 g/mol. The number of hydrogen-bond donors (Lipinski definition) is 1. The summed E-state index contributed by atoms with van der Waals surface area (Å²) in [6.45, 7) is 2.06. The number of aryl methyl sites for hydroxylation is 1. The molecule has 2 aromatic carbocycles. The van der Waals surface area contributed by atoms with Gasteiger partial charge in [-0.2, -0.15) is 0 Å². The molecule has 4 heteroatoms. The normalized spacial score (nSPS) is 10.8. The van der Waals surface area contributed by atoms with Gasteiger partial charge in [0.15, 0.2) is 0 Å². The molecule has 0 aliphatic carbocycles. The minimum atomic E-state index is 0.875. The maximum Gasteiger partial charge on any atom is 0.0714 e. The Balaban J connectivity index is 2.34. The van der Waals surface area contributed by atoms with Crippen LogP contribution < -0.4 is 0 Å². The number of rotatable bonds is 3. The van der Waals surface area contributed by atoms with Crippen LogP contribution in [0.25, 0.3) is 10.8 Å². The molecule has 78 valence electrons. The van der Waals surface area contributed by atoms with Gasteiger partial charge in [0.2, 0.25) is 0 Å². The summed E-state index contributed by atoms with van der Waals surface area (Å²) in [5.41, 5.74) is 1.23. The van der Waals surface area contributed by atoms with Crippen LogP contribution in [0.15, 0.2) is 41.3 Å². The van der Waals surface area contributed by atoms with E-state index in [4.69, 9.17) is 5.26 Å². The number of hydrogen-bond acceptors (Lipinski definition) is 4. The van der Waals surface area contributed by atoms with Crippen LogP contribution >= 0.6 is 12.0 Å². The van der Waals surface area contributed by atoms with Gasteiger partial charge < -0.3 is 0 Å². The zero-order valence-corrected chi connectivity index (χ0v) is 8.95. The Hall–Kier alpha value is -1.07. The van der Waals surface area contributed by atoms with E-state index in [9.17, 15) is 0 Å². The maximum atomic E-state index is 8.03. The van der Waals surface area contributed by atoms with Crippen molar-refractivity contribution >= 4 is 22.8 Å². The lowest BCUT2D eigenvalue weighted by Gasteiger charge is -2.02. The largest absolute Gasteiger partial charge is 0.220 e. The van der Waals surface area contributed by atoms with Crippen LogP contribution in [-0.2, 0) is 9.37 Å². The molecule has 3 nitrogen and oxygen atoms in total. The van der Waals surface area contributed by atoms with Crippen molar-refractivity contribution in [1.29, 1.82) is 0 Å². The Morgan fingerprint density at radius 2 is 1.80 bits per heavy atom. The molecule has 0 fully saturated rings. The summed E-state index contributed by atoms with van der Waals surface area (Å²) >= 11 is 0.967. The first-order valence-corrected chi connectivity index (χ1v) is 5.19. The van der Waals surface area contributed by atoms with E-state index < -0.39 is 0 Å². The number of benzene rings is 2. The van der Waals surface area contributed by atoms with Crippen molar-refractivity contribution in [2.45, 2.75) is 11.8 Å². The van der Waals surface area contributed by atoms with Crippen molar-refractivity contribution in [3.05, 3.63) is 42.0 Å². The first kappa shape index (κ1) is 10.4. The molecule has 0 aromatic heterocycles. The Bertz CT molecular complexity index is 470. The average molecular weight is 222 g/mol. The molecular weight excluding hydrogens is 212 g/mol. The lowest BCUT2D eigenvalue weighted by Crippen LogP contribution is -1.80. The second-order valence-electron chi connectivity index (χ2n) is 3.24. The average Bonchev–Trinajstić information content (AvgIpc) is 2.26. The van der Waals surface area contributed by atoms with Crippen LogP contribution in [-0.4, -0.2) is 5.26 Å². The van der Waals surface area contributed by atoms with Crippen molar-refractivity contribution in [1.82, 2.24) is 0 Å². The summed E-state index contributed by atoms with van der Waals surface area (Å²) in [6.07, 6.45) is 0. The molecule has 15 heavy (non-hydrogen) atoms. The zero-order valence-electron chi connectivity index (χ0n) is 8.14. The van der Waals surface area contributed by atoms with E-state index in [2.05, 4.69) is 34.5 Å². The van der Waals surface area contributed by atoms with Crippen molar-refractivity contribution in [2.75, 3.05) is 0 Å². The summed E-state index contributed by atoms with van der Waals surface area (Å²) in [5.74, 6) is 0. The minimum Gasteiger partial charge on any atom is -0.220 e. The van der Waals surface area contributed by atoms with Gasteiger partial charge in [-0.15, -0.1) is 4.33 Å². The van der Waals surface area contributed by atoms with Crippen molar-refractivity contribution in [3.8, 4) is 0 Å². The highest BCUT2D eigenvalue weighted by molar-refractivity contribution is 7.94. The molecule has 0 atom stereocenters. The van der Waals surface area contributed by atoms with Gasteiger partial charge in [-0.1, -0.05) is 34.9 Å². The molecule has 0 radical (unpaired) electrons. The Labute approximate surface area is 91.7 Å². The molecule has 0 bridgehead atoms. The Morgan fingerprint density at radius 1 is 1.07 bits per heavy atom. The van der Waals surface area contributed by atoms with Crippen LogP contribution in [0.5, 0.6) is 0 Å². The van der Waals surface area contributed by atoms with Gasteiger partial charge in [0.05, 0.1) is 12.0 Å². The molecule has 2 rings (SSSR count). The predicted molar refractivity (Wildman–Crippen MR) is 59.3 cm³/mol. The molecule has 0 unspecified atom stereocenters. The van der Waals surface area contributed by atoms with Crippen molar-refractivity contribution < 1.29 is 14.6 Å². The molecular formula is C11H10O3S. The lowest BCUT2D eigenvalue weighted by molar-refractivity contribution is -0.432. The van der Waals surface area contributed by atoms with E-state index in [1.807, 2.05) is 18.2 Å². The molecule has 1 N–H and O–H groups in total. The van der Waals surface area contributed by atoms with Gasteiger partial charge in [-0.05, 0) is 29.8 Å². The molecule has 0 saturated carbocycles. The minimum absolute atomic E-state index is 0.875. The van der Waals surface area contributed by atoms with Gasteiger partial charge in [0.1, 0.15) is 0 Å². The van der Waals surface area contributed by atoms with Gasteiger partial charge in [0.25, 0.3) is 0 Å². The lowest BCUT2D eigenvalue weighted by atomic mass is 10.1. The third-order valence-corrected chi connectivity index (χ3v) is 2.70. The predicted octanol–water partition coefficient (Wildman–Crippen LogP) is 3.58. The quantitative estimate of drug-likeness (QED) is 0.489. The van der Waals surface area contributed by atoms with E-state index in [1.54, 1.807) is 0 Å². The molecule has 0 saturated heterocycles. The number of fused-ring (bicyclic) bond motifs is 1. The maximum absolute atomic E-state index is 8.03. The third kappa shape index (κ3) is 2.49. The highest BCUT2D eigenvalue weighted by Gasteiger charge is 1.98.